The molecular formula is C6H13BrN2O. The van der Waals surface area contributed by atoms with Gasteiger partial charge in [0.25, 0.3) is 0 Å². The maximum atomic E-state index is 10.5. The van der Waals surface area contributed by atoms with Gasteiger partial charge in [-0.3, -0.25) is 0 Å². The van der Waals surface area contributed by atoms with E-state index in [2.05, 4.69) is 0 Å². The number of nitrogens with two attached hydrogens (primary N) is 1. The molecule has 10 heavy (non-hydrogen) atoms. The first-order valence-corrected chi connectivity index (χ1v) is 3.35. The monoisotopic (exact) mass is 208 g/mol. The normalized spacial score (nSPS) is 17.8. The molecule has 0 unspecified atom stereocenters. The zero-order valence-electron chi connectivity index (χ0n) is 5.88. The number of hydrogen-bond acceptors (Lipinski definition) is 1. The van der Waals surface area contributed by atoms with Gasteiger partial charge in [-0.25, -0.2) is 4.79 Å². The van der Waals surface area contributed by atoms with E-state index in [1.165, 1.54) is 6.42 Å². The number of carbonyl (C=O) groups is 1. The predicted molar refractivity (Wildman–Crippen MR) is 45.3 cm³/mol. The predicted octanol–water partition coefficient (Wildman–Crippen LogP) is 1.13. The number of primary amides is 1. The molecule has 0 aromatic carbocycles. The van der Waals surface area contributed by atoms with Crippen molar-refractivity contribution < 1.29 is 4.79 Å². The summed E-state index contributed by atoms with van der Waals surface area (Å²) in [5, 5.41) is 0. The van der Waals surface area contributed by atoms with Crippen LogP contribution >= 0.6 is 17.0 Å². The van der Waals surface area contributed by atoms with Crippen LogP contribution in [0.1, 0.15) is 19.3 Å². The lowest BCUT2D eigenvalue weighted by molar-refractivity contribution is 0.196. The summed E-state index contributed by atoms with van der Waals surface area (Å²) in [6.45, 7) is 1.71. The molecule has 1 aliphatic rings. The molecule has 4 heteroatoms. The molecule has 0 aliphatic carbocycles. The number of carbonyl (C=O) groups excluding carboxylic acids is 1. The summed E-state index contributed by atoms with van der Waals surface area (Å²) in [6, 6.07) is -0.269. The fourth-order valence-electron chi connectivity index (χ4n) is 1.11. The van der Waals surface area contributed by atoms with Gasteiger partial charge in [0.15, 0.2) is 0 Å². The number of rotatable bonds is 0. The summed E-state index contributed by atoms with van der Waals surface area (Å²) in [6.07, 6.45) is 3.47. The fourth-order valence-corrected chi connectivity index (χ4v) is 1.11. The molecule has 1 rings (SSSR count). The van der Waals surface area contributed by atoms with E-state index in [0.717, 1.165) is 25.9 Å². The van der Waals surface area contributed by atoms with Crippen molar-refractivity contribution in [3.8, 4) is 0 Å². The minimum Gasteiger partial charge on any atom is -0.351 e. The first-order chi connectivity index (χ1) is 4.30. The van der Waals surface area contributed by atoms with Gasteiger partial charge in [0.1, 0.15) is 0 Å². The van der Waals surface area contributed by atoms with E-state index in [4.69, 9.17) is 5.73 Å². The van der Waals surface area contributed by atoms with E-state index >= 15 is 0 Å². The molecule has 1 fully saturated rings. The Bertz CT molecular complexity index is 112. The van der Waals surface area contributed by atoms with Gasteiger partial charge >= 0.3 is 6.03 Å². The zero-order chi connectivity index (χ0) is 6.69. The number of hydrogen-bond donors (Lipinski definition) is 1. The molecule has 1 saturated heterocycles. The van der Waals surface area contributed by atoms with Crippen molar-refractivity contribution in [3.63, 3.8) is 0 Å². The van der Waals surface area contributed by atoms with Gasteiger partial charge in [-0.15, -0.1) is 17.0 Å². The Morgan fingerprint density at radius 1 is 1.20 bits per heavy atom. The Hall–Kier alpha value is -0.250. The van der Waals surface area contributed by atoms with Gasteiger partial charge in [-0.05, 0) is 19.3 Å². The van der Waals surface area contributed by atoms with Crippen LogP contribution in [0.4, 0.5) is 4.79 Å². The number of piperidine rings is 1. The Balaban J connectivity index is 0.000000810. The van der Waals surface area contributed by atoms with E-state index in [9.17, 15) is 4.79 Å². The highest BCUT2D eigenvalue weighted by Crippen LogP contribution is 2.06. The summed E-state index contributed by atoms with van der Waals surface area (Å²) in [5.74, 6) is 0. The third-order valence-corrected chi connectivity index (χ3v) is 1.67. The average Bonchev–Trinajstić information content (AvgIpc) is 1.90. The quantitative estimate of drug-likeness (QED) is 0.638. The summed E-state index contributed by atoms with van der Waals surface area (Å²) in [7, 11) is 0. The molecule has 0 bridgehead atoms. The Morgan fingerprint density at radius 2 is 1.70 bits per heavy atom. The third-order valence-electron chi connectivity index (χ3n) is 1.67. The summed E-state index contributed by atoms with van der Waals surface area (Å²) >= 11 is 0. The van der Waals surface area contributed by atoms with Gasteiger partial charge in [-0.1, -0.05) is 0 Å². The maximum Gasteiger partial charge on any atom is 0.314 e. The molecule has 3 nitrogen and oxygen atoms in total. The number of nitrogens with zero attached hydrogens (tertiary/aromatic N) is 1. The molecule has 1 aliphatic heterocycles. The number of halogens is 1. The smallest absolute Gasteiger partial charge is 0.314 e. The molecule has 2 amide bonds. The van der Waals surface area contributed by atoms with Crippen molar-refractivity contribution in [1.82, 2.24) is 4.90 Å². The standard InChI is InChI=1S/C6H12N2O.BrH/c7-6(9)8-4-2-1-3-5-8;/h1-5H2,(H2,7,9);1H. The molecule has 0 aromatic rings. The van der Waals surface area contributed by atoms with Gasteiger partial charge in [-0.2, -0.15) is 0 Å². The molecule has 2 N–H and O–H groups in total. The Labute approximate surface area is 71.3 Å². The summed E-state index contributed by atoms with van der Waals surface area (Å²) in [4.78, 5) is 12.2. The van der Waals surface area contributed by atoms with Crippen molar-refractivity contribution in [3.05, 3.63) is 0 Å². The molecule has 1 heterocycles. The first-order valence-electron chi connectivity index (χ1n) is 3.35. The lowest BCUT2D eigenvalue weighted by Crippen LogP contribution is -2.39. The van der Waals surface area contributed by atoms with Gasteiger partial charge < -0.3 is 10.6 Å². The van der Waals surface area contributed by atoms with E-state index in [-0.39, 0.29) is 23.0 Å². The molecule has 60 valence electrons. The number of likely N-dealkylation sites (tertiary alicyclic amines) is 1. The SMILES string of the molecule is Br.NC(=O)N1CCCCC1. The summed E-state index contributed by atoms with van der Waals surface area (Å²) < 4.78 is 0. The number of amides is 2. The van der Waals surface area contributed by atoms with Gasteiger partial charge in [0.2, 0.25) is 0 Å². The lowest BCUT2D eigenvalue weighted by Gasteiger charge is -2.24. The fraction of sp³-hybridized carbons (Fsp3) is 0.833. The van der Waals surface area contributed by atoms with E-state index < -0.39 is 0 Å². The second kappa shape index (κ2) is 4.55. The molecule has 0 saturated carbocycles. The van der Waals surface area contributed by atoms with Crippen LogP contribution in [0.3, 0.4) is 0 Å². The van der Waals surface area contributed by atoms with Crippen LogP contribution in [0.2, 0.25) is 0 Å². The van der Waals surface area contributed by atoms with Crippen molar-refractivity contribution in [2.24, 2.45) is 5.73 Å². The molecule has 0 radical (unpaired) electrons. The van der Waals surface area contributed by atoms with E-state index in [1.807, 2.05) is 0 Å². The highest BCUT2D eigenvalue weighted by molar-refractivity contribution is 8.93. The maximum absolute atomic E-state index is 10.5. The van der Waals surface area contributed by atoms with Crippen molar-refractivity contribution in [2.45, 2.75) is 19.3 Å². The Morgan fingerprint density at radius 3 is 2.00 bits per heavy atom. The lowest BCUT2D eigenvalue weighted by atomic mass is 10.1. The van der Waals surface area contributed by atoms with Crippen molar-refractivity contribution in [2.75, 3.05) is 13.1 Å². The molecule has 0 atom stereocenters. The van der Waals surface area contributed by atoms with Crippen molar-refractivity contribution in [1.29, 1.82) is 0 Å². The molecule has 0 aromatic heterocycles. The second-order valence-corrected chi connectivity index (χ2v) is 2.39. The minimum absolute atomic E-state index is 0. The topological polar surface area (TPSA) is 46.3 Å². The van der Waals surface area contributed by atoms with Crippen LogP contribution < -0.4 is 5.73 Å². The number of urea groups is 1. The third kappa shape index (κ3) is 2.56. The summed E-state index contributed by atoms with van der Waals surface area (Å²) in [5.41, 5.74) is 5.05. The van der Waals surface area contributed by atoms with Gasteiger partial charge in [0, 0.05) is 13.1 Å². The van der Waals surface area contributed by atoms with Crippen molar-refractivity contribution >= 4 is 23.0 Å². The minimum atomic E-state index is -0.269. The van der Waals surface area contributed by atoms with Crippen LogP contribution in [0.25, 0.3) is 0 Å². The molecular weight excluding hydrogens is 196 g/mol. The highest BCUT2D eigenvalue weighted by atomic mass is 79.9. The van der Waals surface area contributed by atoms with Crippen LogP contribution in [0.15, 0.2) is 0 Å². The first kappa shape index (κ1) is 9.75. The van der Waals surface area contributed by atoms with Crippen LogP contribution in [0, 0.1) is 0 Å². The zero-order valence-corrected chi connectivity index (χ0v) is 7.59. The molecule has 0 spiro atoms. The van der Waals surface area contributed by atoms with Crippen LogP contribution in [0.5, 0.6) is 0 Å². The largest absolute Gasteiger partial charge is 0.351 e. The second-order valence-electron chi connectivity index (χ2n) is 2.39. The highest BCUT2D eigenvalue weighted by Gasteiger charge is 2.11. The average molecular weight is 209 g/mol. The van der Waals surface area contributed by atoms with E-state index in [1.54, 1.807) is 4.90 Å². The van der Waals surface area contributed by atoms with Crippen LogP contribution in [-0.4, -0.2) is 24.0 Å². The van der Waals surface area contributed by atoms with Crippen LogP contribution in [-0.2, 0) is 0 Å². The van der Waals surface area contributed by atoms with Gasteiger partial charge in [0.05, 0.1) is 0 Å². The van der Waals surface area contributed by atoms with E-state index in [0.29, 0.717) is 0 Å². The Kier molecular flexibility index (Phi) is 4.43.